The van der Waals surface area contributed by atoms with E-state index in [-0.39, 0.29) is 11.3 Å². The van der Waals surface area contributed by atoms with Gasteiger partial charge in [0.05, 0.1) is 6.10 Å². The molecule has 0 spiro atoms. The zero-order valence-electron chi connectivity index (χ0n) is 8.57. The number of hydrogen-bond acceptors (Lipinski definition) is 5. The highest BCUT2D eigenvalue weighted by Gasteiger charge is 2.04. The Labute approximate surface area is 93.7 Å². The molecule has 5 nitrogen and oxygen atoms in total. The molecule has 6 heteroatoms. The molecular formula is C9H15ClN4O. The van der Waals surface area contributed by atoms with Crippen molar-refractivity contribution in [3.8, 4) is 0 Å². The van der Waals surface area contributed by atoms with Gasteiger partial charge in [-0.3, -0.25) is 0 Å². The Bertz CT molecular complexity index is 319. The van der Waals surface area contributed by atoms with Crippen LogP contribution in [0.15, 0.2) is 6.33 Å². The van der Waals surface area contributed by atoms with Crippen LogP contribution < -0.4 is 11.1 Å². The van der Waals surface area contributed by atoms with Gasteiger partial charge in [-0.25, -0.2) is 9.97 Å². The zero-order valence-corrected chi connectivity index (χ0v) is 9.33. The fourth-order valence-corrected chi connectivity index (χ4v) is 1.25. The summed E-state index contributed by atoms with van der Waals surface area (Å²) in [4.78, 5) is 7.71. The summed E-state index contributed by atoms with van der Waals surface area (Å²) in [5.74, 6) is 0.542. The highest BCUT2D eigenvalue weighted by molar-refractivity contribution is 6.32. The molecule has 15 heavy (non-hydrogen) atoms. The smallest absolute Gasteiger partial charge is 0.157 e. The second-order valence-corrected chi connectivity index (χ2v) is 3.70. The van der Waals surface area contributed by atoms with Crippen molar-refractivity contribution in [1.82, 2.24) is 9.97 Å². The minimum absolute atomic E-state index is 0.253. The lowest BCUT2D eigenvalue weighted by atomic mass is 10.2. The normalized spacial score (nSPS) is 12.5. The second kappa shape index (κ2) is 5.72. The Balaban J connectivity index is 2.41. The maximum absolute atomic E-state index is 9.05. The Kier molecular flexibility index (Phi) is 4.58. The number of nitrogens with zero attached hydrogens (tertiary/aromatic N) is 2. The quantitative estimate of drug-likeness (QED) is 0.524. The summed E-state index contributed by atoms with van der Waals surface area (Å²) in [6, 6.07) is 0. The third-order valence-corrected chi connectivity index (χ3v) is 2.23. The molecule has 1 heterocycles. The van der Waals surface area contributed by atoms with E-state index in [1.165, 1.54) is 6.33 Å². The monoisotopic (exact) mass is 230 g/mol. The van der Waals surface area contributed by atoms with Crippen molar-refractivity contribution in [1.29, 1.82) is 0 Å². The number of rotatable bonds is 5. The van der Waals surface area contributed by atoms with Gasteiger partial charge in [0, 0.05) is 6.54 Å². The van der Waals surface area contributed by atoms with Crippen molar-refractivity contribution in [3.63, 3.8) is 0 Å². The van der Waals surface area contributed by atoms with Gasteiger partial charge in [-0.15, -0.1) is 0 Å². The predicted molar refractivity (Wildman–Crippen MR) is 60.9 cm³/mol. The van der Waals surface area contributed by atoms with Crippen LogP contribution in [0.4, 0.5) is 11.5 Å². The van der Waals surface area contributed by atoms with Gasteiger partial charge in [0.15, 0.2) is 11.0 Å². The number of hydrogen-bond donors (Lipinski definition) is 3. The highest BCUT2D eigenvalue weighted by Crippen LogP contribution is 2.21. The van der Waals surface area contributed by atoms with E-state index in [0.717, 1.165) is 12.8 Å². The lowest BCUT2D eigenvalue weighted by Crippen LogP contribution is -2.09. The van der Waals surface area contributed by atoms with Gasteiger partial charge in [-0.2, -0.15) is 0 Å². The van der Waals surface area contributed by atoms with Gasteiger partial charge in [0.25, 0.3) is 0 Å². The van der Waals surface area contributed by atoms with E-state index in [1.54, 1.807) is 6.92 Å². The molecule has 1 aromatic rings. The molecule has 1 aromatic heterocycles. The first kappa shape index (κ1) is 12.0. The topological polar surface area (TPSA) is 84.1 Å². The largest absolute Gasteiger partial charge is 0.393 e. The lowest BCUT2D eigenvalue weighted by Gasteiger charge is -2.08. The maximum atomic E-state index is 9.05. The number of nitrogen functional groups attached to an aromatic ring is 1. The molecule has 1 atom stereocenters. The van der Waals surface area contributed by atoms with Crippen LogP contribution in [-0.4, -0.2) is 27.7 Å². The fourth-order valence-electron chi connectivity index (χ4n) is 1.12. The standard InChI is InChI=1S/C9H15ClN4O/c1-6(15)3-2-4-12-9-7(11)8(10)13-5-14-9/h5-6,15H,2-4,11H2,1H3,(H,12,13,14). The van der Waals surface area contributed by atoms with Crippen LogP contribution in [0.3, 0.4) is 0 Å². The van der Waals surface area contributed by atoms with E-state index in [9.17, 15) is 0 Å². The Morgan fingerprint density at radius 3 is 3.00 bits per heavy atom. The average molecular weight is 231 g/mol. The van der Waals surface area contributed by atoms with E-state index < -0.39 is 0 Å². The van der Waals surface area contributed by atoms with Crippen LogP contribution in [-0.2, 0) is 0 Å². The van der Waals surface area contributed by atoms with Gasteiger partial charge in [-0.05, 0) is 19.8 Å². The number of anilines is 2. The third-order valence-electron chi connectivity index (χ3n) is 1.93. The van der Waals surface area contributed by atoms with Crippen LogP contribution in [0.5, 0.6) is 0 Å². The lowest BCUT2D eigenvalue weighted by molar-refractivity contribution is 0.183. The molecule has 0 amide bonds. The Hall–Kier alpha value is -1.07. The molecule has 0 aliphatic carbocycles. The van der Waals surface area contributed by atoms with E-state index in [0.29, 0.717) is 18.1 Å². The molecule has 4 N–H and O–H groups in total. The summed E-state index contributed by atoms with van der Waals surface area (Å²) in [6.45, 7) is 2.46. The summed E-state index contributed by atoms with van der Waals surface area (Å²) < 4.78 is 0. The van der Waals surface area contributed by atoms with Gasteiger partial charge >= 0.3 is 0 Å². The predicted octanol–water partition coefficient (Wildman–Crippen LogP) is 1.29. The Morgan fingerprint density at radius 1 is 1.60 bits per heavy atom. The van der Waals surface area contributed by atoms with Crippen LogP contribution in [0.1, 0.15) is 19.8 Å². The first-order valence-corrected chi connectivity index (χ1v) is 5.17. The van der Waals surface area contributed by atoms with Crippen molar-refractivity contribution < 1.29 is 5.11 Å². The molecule has 1 rings (SSSR count). The molecule has 0 saturated heterocycles. The van der Waals surface area contributed by atoms with Crippen LogP contribution in [0, 0.1) is 0 Å². The molecule has 0 aliphatic rings. The molecule has 0 aromatic carbocycles. The average Bonchev–Trinajstić information content (AvgIpc) is 2.18. The van der Waals surface area contributed by atoms with E-state index >= 15 is 0 Å². The zero-order chi connectivity index (χ0) is 11.3. The molecule has 0 radical (unpaired) electrons. The van der Waals surface area contributed by atoms with Crippen LogP contribution in [0.2, 0.25) is 5.15 Å². The number of aliphatic hydroxyl groups is 1. The molecule has 84 valence electrons. The summed E-state index contributed by atoms with van der Waals surface area (Å²) in [5, 5.41) is 12.3. The minimum atomic E-state index is -0.280. The fraction of sp³-hybridized carbons (Fsp3) is 0.556. The number of aliphatic hydroxyl groups excluding tert-OH is 1. The SMILES string of the molecule is CC(O)CCCNc1ncnc(Cl)c1N. The van der Waals surface area contributed by atoms with Crippen LogP contribution >= 0.6 is 11.6 Å². The molecule has 0 aliphatic heterocycles. The maximum Gasteiger partial charge on any atom is 0.157 e. The minimum Gasteiger partial charge on any atom is -0.393 e. The number of aromatic nitrogens is 2. The second-order valence-electron chi connectivity index (χ2n) is 3.34. The van der Waals surface area contributed by atoms with Crippen molar-refractivity contribution in [2.75, 3.05) is 17.6 Å². The van der Waals surface area contributed by atoms with E-state index in [2.05, 4.69) is 15.3 Å². The number of nitrogens with two attached hydrogens (primary N) is 1. The summed E-state index contributed by atoms with van der Waals surface area (Å²) in [5.41, 5.74) is 6.01. The van der Waals surface area contributed by atoms with E-state index in [4.69, 9.17) is 22.4 Å². The molecule has 1 unspecified atom stereocenters. The summed E-state index contributed by atoms with van der Waals surface area (Å²) >= 11 is 5.72. The van der Waals surface area contributed by atoms with Crippen molar-refractivity contribution >= 4 is 23.1 Å². The molecule has 0 fully saturated rings. The van der Waals surface area contributed by atoms with Gasteiger partial charge in [-0.1, -0.05) is 11.6 Å². The molecular weight excluding hydrogens is 216 g/mol. The van der Waals surface area contributed by atoms with Gasteiger partial charge in [0.2, 0.25) is 0 Å². The first-order chi connectivity index (χ1) is 7.11. The molecule has 0 saturated carbocycles. The summed E-state index contributed by atoms with van der Waals surface area (Å²) in [6.07, 6.45) is 2.67. The Morgan fingerprint density at radius 2 is 2.33 bits per heavy atom. The molecule has 0 bridgehead atoms. The van der Waals surface area contributed by atoms with E-state index in [1.807, 2.05) is 0 Å². The van der Waals surface area contributed by atoms with Gasteiger partial charge < -0.3 is 16.2 Å². The third kappa shape index (κ3) is 3.89. The first-order valence-electron chi connectivity index (χ1n) is 4.79. The highest BCUT2D eigenvalue weighted by atomic mass is 35.5. The van der Waals surface area contributed by atoms with Crippen molar-refractivity contribution in [2.45, 2.75) is 25.9 Å². The summed E-state index contributed by atoms with van der Waals surface area (Å²) in [7, 11) is 0. The number of nitrogens with one attached hydrogen (secondary N) is 1. The van der Waals surface area contributed by atoms with Crippen molar-refractivity contribution in [3.05, 3.63) is 11.5 Å². The van der Waals surface area contributed by atoms with Crippen molar-refractivity contribution in [2.24, 2.45) is 0 Å². The van der Waals surface area contributed by atoms with Gasteiger partial charge in [0.1, 0.15) is 12.0 Å². The number of halogens is 1. The van der Waals surface area contributed by atoms with Crippen LogP contribution in [0.25, 0.3) is 0 Å².